The van der Waals surface area contributed by atoms with Gasteiger partial charge in [0.05, 0.1) is 18.8 Å². The summed E-state index contributed by atoms with van der Waals surface area (Å²) in [5, 5.41) is 0. The smallest absolute Gasteiger partial charge is 0.161 e. The highest BCUT2D eigenvalue weighted by Gasteiger charge is 2.17. The Hall–Kier alpha value is -2.70. The lowest BCUT2D eigenvalue weighted by atomic mass is 10.1. The molecule has 0 amide bonds. The molecule has 1 aliphatic heterocycles. The molecule has 2 aromatic rings. The molecule has 0 saturated heterocycles. The third kappa shape index (κ3) is 7.49. The van der Waals surface area contributed by atoms with Gasteiger partial charge in [0.15, 0.2) is 23.0 Å². The fourth-order valence-electron chi connectivity index (χ4n) is 3.27. The van der Waals surface area contributed by atoms with E-state index in [0.29, 0.717) is 69.2 Å². The first-order chi connectivity index (χ1) is 15.1. The molecule has 0 spiro atoms. The maximum atomic E-state index is 6.11. The Bertz CT molecular complexity index is 788. The molecule has 31 heavy (non-hydrogen) atoms. The maximum absolute atomic E-state index is 6.11. The molecular weight excluding hydrogens is 396 g/mol. The van der Waals surface area contributed by atoms with Crippen LogP contribution in [0.2, 0.25) is 0 Å². The SMILES string of the molecule is CCOC(C)(C)C=C1COc2ccccc2OCCOCCOc2ccccc2OC1. The zero-order valence-electron chi connectivity index (χ0n) is 18.6. The standard InChI is InChI=1S/C25H32O6/c1-4-31-25(2,3)17-20-18-29-23-11-7-5-9-21(23)27-15-13-26-14-16-28-22-10-6-8-12-24(22)30-19-20/h5-12,17H,4,13-16,18-19H2,1-3H3. The topological polar surface area (TPSA) is 55.4 Å². The van der Waals surface area contributed by atoms with E-state index in [1.807, 2.05) is 69.3 Å². The van der Waals surface area contributed by atoms with Crippen molar-refractivity contribution in [3.63, 3.8) is 0 Å². The van der Waals surface area contributed by atoms with Crippen molar-refractivity contribution in [2.45, 2.75) is 26.4 Å². The predicted octanol–water partition coefficient (Wildman–Crippen LogP) is 4.67. The Kier molecular flexibility index (Phi) is 8.62. The second kappa shape index (κ2) is 11.6. The molecule has 6 nitrogen and oxygen atoms in total. The van der Waals surface area contributed by atoms with Crippen LogP contribution in [0.15, 0.2) is 60.2 Å². The molecule has 0 bridgehead atoms. The third-order valence-corrected chi connectivity index (χ3v) is 4.56. The first-order valence-electron chi connectivity index (χ1n) is 10.7. The molecule has 168 valence electrons. The Labute approximate surface area is 184 Å². The van der Waals surface area contributed by atoms with Gasteiger partial charge in [-0.05, 0) is 51.1 Å². The van der Waals surface area contributed by atoms with Gasteiger partial charge in [-0.3, -0.25) is 0 Å². The van der Waals surface area contributed by atoms with Gasteiger partial charge in [0.1, 0.15) is 26.4 Å². The van der Waals surface area contributed by atoms with Crippen molar-refractivity contribution in [3.05, 3.63) is 60.2 Å². The zero-order valence-corrected chi connectivity index (χ0v) is 18.6. The second-order valence-electron chi connectivity index (χ2n) is 7.62. The quantitative estimate of drug-likeness (QED) is 0.662. The normalized spacial score (nSPS) is 15.9. The lowest BCUT2D eigenvalue weighted by molar-refractivity contribution is 0.0271. The van der Waals surface area contributed by atoms with E-state index in [1.54, 1.807) is 0 Å². The van der Waals surface area contributed by atoms with Gasteiger partial charge in [-0.25, -0.2) is 0 Å². The van der Waals surface area contributed by atoms with Crippen LogP contribution in [-0.2, 0) is 9.47 Å². The molecule has 1 aliphatic rings. The molecular formula is C25H32O6. The van der Waals surface area contributed by atoms with Gasteiger partial charge in [-0.2, -0.15) is 0 Å². The van der Waals surface area contributed by atoms with Crippen molar-refractivity contribution in [1.82, 2.24) is 0 Å². The number of rotatable bonds is 3. The van der Waals surface area contributed by atoms with Gasteiger partial charge in [-0.1, -0.05) is 24.3 Å². The number of fused-ring (bicyclic) bond motifs is 2. The summed E-state index contributed by atoms with van der Waals surface area (Å²) in [4.78, 5) is 0. The van der Waals surface area contributed by atoms with Crippen molar-refractivity contribution in [2.24, 2.45) is 0 Å². The number of ether oxygens (including phenoxy) is 6. The number of hydrogen-bond acceptors (Lipinski definition) is 6. The summed E-state index contributed by atoms with van der Waals surface area (Å²) in [6, 6.07) is 15.3. The van der Waals surface area contributed by atoms with Crippen LogP contribution in [0.25, 0.3) is 0 Å². The van der Waals surface area contributed by atoms with Crippen LogP contribution in [0.5, 0.6) is 23.0 Å². The highest BCUT2D eigenvalue weighted by atomic mass is 16.6. The summed E-state index contributed by atoms with van der Waals surface area (Å²) in [7, 11) is 0. The second-order valence-corrected chi connectivity index (χ2v) is 7.62. The molecule has 6 heteroatoms. The minimum atomic E-state index is -0.443. The number of para-hydroxylation sites is 4. The highest BCUT2D eigenvalue weighted by molar-refractivity contribution is 5.41. The summed E-state index contributed by atoms with van der Waals surface area (Å²) in [6.45, 7) is 9.12. The van der Waals surface area contributed by atoms with Gasteiger partial charge in [0, 0.05) is 12.2 Å². The summed E-state index contributed by atoms with van der Waals surface area (Å²) in [5.41, 5.74) is 0.513. The van der Waals surface area contributed by atoms with E-state index in [9.17, 15) is 0 Å². The Morgan fingerprint density at radius 3 is 1.65 bits per heavy atom. The largest absolute Gasteiger partial charge is 0.487 e. The fraction of sp³-hybridized carbons (Fsp3) is 0.440. The molecule has 0 unspecified atom stereocenters. The van der Waals surface area contributed by atoms with Crippen molar-refractivity contribution in [2.75, 3.05) is 46.2 Å². The van der Waals surface area contributed by atoms with Crippen molar-refractivity contribution in [1.29, 1.82) is 0 Å². The van der Waals surface area contributed by atoms with E-state index in [1.165, 1.54) is 0 Å². The zero-order chi connectivity index (χ0) is 21.9. The minimum Gasteiger partial charge on any atom is -0.487 e. The summed E-state index contributed by atoms with van der Waals surface area (Å²) >= 11 is 0. The maximum Gasteiger partial charge on any atom is 0.161 e. The van der Waals surface area contributed by atoms with E-state index in [4.69, 9.17) is 28.4 Å². The van der Waals surface area contributed by atoms with E-state index in [-0.39, 0.29) is 0 Å². The van der Waals surface area contributed by atoms with Crippen LogP contribution in [-0.4, -0.2) is 51.8 Å². The first-order valence-corrected chi connectivity index (χ1v) is 10.7. The molecule has 0 atom stereocenters. The molecule has 0 fully saturated rings. The van der Waals surface area contributed by atoms with Crippen LogP contribution >= 0.6 is 0 Å². The Morgan fingerprint density at radius 1 is 0.742 bits per heavy atom. The van der Waals surface area contributed by atoms with Gasteiger partial charge in [0.2, 0.25) is 0 Å². The Balaban J connectivity index is 1.84. The van der Waals surface area contributed by atoms with Crippen molar-refractivity contribution in [3.8, 4) is 23.0 Å². The number of hydrogen-bond donors (Lipinski definition) is 0. The third-order valence-electron chi connectivity index (χ3n) is 4.56. The van der Waals surface area contributed by atoms with Crippen molar-refractivity contribution < 1.29 is 28.4 Å². The average molecular weight is 429 g/mol. The lowest BCUT2D eigenvalue weighted by Crippen LogP contribution is -2.24. The predicted molar refractivity (Wildman–Crippen MR) is 119 cm³/mol. The number of benzene rings is 2. The van der Waals surface area contributed by atoms with Gasteiger partial charge >= 0.3 is 0 Å². The van der Waals surface area contributed by atoms with Crippen LogP contribution in [0.4, 0.5) is 0 Å². The van der Waals surface area contributed by atoms with E-state index in [0.717, 1.165) is 5.57 Å². The summed E-state index contributed by atoms with van der Waals surface area (Å²) in [5.74, 6) is 2.73. The van der Waals surface area contributed by atoms with Crippen LogP contribution < -0.4 is 18.9 Å². The molecule has 0 aliphatic carbocycles. The van der Waals surface area contributed by atoms with Crippen LogP contribution in [0.3, 0.4) is 0 Å². The average Bonchev–Trinajstić information content (AvgIpc) is 2.75. The molecule has 0 radical (unpaired) electrons. The molecule has 3 rings (SSSR count). The lowest BCUT2D eigenvalue weighted by Gasteiger charge is -2.23. The fourth-order valence-corrected chi connectivity index (χ4v) is 3.27. The molecule has 0 N–H and O–H groups in total. The summed E-state index contributed by atoms with van der Waals surface area (Å²) in [6.07, 6.45) is 2.06. The minimum absolute atomic E-state index is 0.344. The molecule has 0 aromatic heterocycles. The summed E-state index contributed by atoms with van der Waals surface area (Å²) < 4.78 is 35.4. The molecule has 0 saturated carbocycles. The first kappa shape index (κ1) is 23.0. The van der Waals surface area contributed by atoms with E-state index < -0.39 is 5.60 Å². The van der Waals surface area contributed by atoms with Gasteiger partial charge in [0.25, 0.3) is 0 Å². The van der Waals surface area contributed by atoms with E-state index in [2.05, 4.69) is 6.08 Å². The monoisotopic (exact) mass is 428 g/mol. The van der Waals surface area contributed by atoms with Gasteiger partial charge in [-0.15, -0.1) is 0 Å². The molecule has 1 heterocycles. The molecule has 2 aromatic carbocycles. The van der Waals surface area contributed by atoms with Crippen LogP contribution in [0.1, 0.15) is 20.8 Å². The van der Waals surface area contributed by atoms with Crippen LogP contribution in [0, 0.1) is 0 Å². The van der Waals surface area contributed by atoms with Gasteiger partial charge < -0.3 is 28.4 Å². The van der Waals surface area contributed by atoms with Crippen molar-refractivity contribution >= 4 is 0 Å². The Morgan fingerprint density at radius 2 is 1.19 bits per heavy atom. The van der Waals surface area contributed by atoms with E-state index >= 15 is 0 Å². The highest BCUT2D eigenvalue weighted by Crippen LogP contribution is 2.29.